The largest absolute Gasteiger partial charge is 0.381 e. The fourth-order valence-electron chi connectivity index (χ4n) is 1.69. The first-order valence-electron chi connectivity index (χ1n) is 3.99. The van der Waals surface area contributed by atoms with Gasteiger partial charge in [-0.1, -0.05) is 24.3 Å². The Kier molecular flexibility index (Phi) is 1.66. The number of benzene rings is 1. The molecule has 58 valence electrons. The van der Waals surface area contributed by atoms with E-state index in [4.69, 9.17) is 4.74 Å². The maximum atomic E-state index is 5.29. The van der Waals surface area contributed by atoms with Gasteiger partial charge in [0.25, 0.3) is 0 Å². The van der Waals surface area contributed by atoms with Crippen molar-refractivity contribution in [2.75, 3.05) is 7.11 Å². The minimum atomic E-state index is 0.424. The Hall–Kier alpha value is -0.820. The monoisotopic (exact) mass is 148 g/mol. The Morgan fingerprint density at radius 2 is 1.73 bits per heavy atom. The van der Waals surface area contributed by atoms with Crippen molar-refractivity contribution in [2.45, 2.75) is 18.9 Å². The molecule has 1 aliphatic rings. The lowest BCUT2D eigenvalue weighted by molar-refractivity contribution is 0.112. The summed E-state index contributed by atoms with van der Waals surface area (Å²) in [7, 11) is 1.79. The smallest absolute Gasteiger partial charge is 0.0652 e. The molecule has 2 rings (SSSR count). The van der Waals surface area contributed by atoms with Crippen LogP contribution in [0.2, 0.25) is 0 Å². The van der Waals surface area contributed by atoms with Crippen molar-refractivity contribution in [2.24, 2.45) is 0 Å². The summed E-state index contributed by atoms with van der Waals surface area (Å²) in [5.41, 5.74) is 2.92. The van der Waals surface area contributed by atoms with Crippen LogP contribution >= 0.6 is 0 Å². The summed E-state index contributed by atoms with van der Waals surface area (Å²) >= 11 is 0. The SMILES string of the molecule is COC1Cc2ccccc2C1. The second-order valence-corrected chi connectivity index (χ2v) is 3.03. The van der Waals surface area contributed by atoms with Gasteiger partial charge in [-0.3, -0.25) is 0 Å². The minimum absolute atomic E-state index is 0.424. The predicted octanol–water partition coefficient (Wildman–Crippen LogP) is 1.80. The lowest BCUT2D eigenvalue weighted by Crippen LogP contribution is -2.08. The molecular weight excluding hydrogens is 136 g/mol. The molecule has 0 amide bonds. The summed E-state index contributed by atoms with van der Waals surface area (Å²) in [6.07, 6.45) is 2.60. The summed E-state index contributed by atoms with van der Waals surface area (Å²) in [5.74, 6) is 0. The van der Waals surface area contributed by atoms with Gasteiger partial charge in [-0.15, -0.1) is 0 Å². The first kappa shape index (κ1) is 6.86. The van der Waals surface area contributed by atoms with Crippen molar-refractivity contribution in [1.29, 1.82) is 0 Å². The maximum absolute atomic E-state index is 5.29. The second kappa shape index (κ2) is 2.67. The molecule has 0 atom stereocenters. The molecule has 0 spiro atoms. The first-order valence-corrected chi connectivity index (χ1v) is 3.99. The van der Waals surface area contributed by atoms with E-state index >= 15 is 0 Å². The van der Waals surface area contributed by atoms with Crippen LogP contribution in [0.25, 0.3) is 0 Å². The number of hydrogen-bond donors (Lipinski definition) is 0. The van der Waals surface area contributed by atoms with Gasteiger partial charge >= 0.3 is 0 Å². The maximum Gasteiger partial charge on any atom is 0.0652 e. The van der Waals surface area contributed by atoms with E-state index in [1.165, 1.54) is 11.1 Å². The Morgan fingerprint density at radius 3 is 2.18 bits per heavy atom. The average Bonchev–Trinajstić information content (AvgIpc) is 2.46. The Bertz CT molecular complexity index is 230. The van der Waals surface area contributed by atoms with Crippen LogP contribution in [0.1, 0.15) is 11.1 Å². The highest BCUT2D eigenvalue weighted by atomic mass is 16.5. The topological polar surface area (TPSA) is 9.23 Å². The Morgan fingerprint density at radius 1 is 1.18 bits per heavy atom. The molecule has 0 saturated carbocycles. The molecule has 0 N–H and O–H groups in total. The number of methoxy groups -OCH3 is 1. The summed E-state index contributed by atoms with van der Waals surface area (Å²) in [6.45, 7) is 0. The van der Waals surface area contributed by atoms with Gasteiger partial charge in [0.05, 0.1) is 6.10 Å². The fraction of sp³-hybridized carbons (Fsp3) is 0.400. The molecule has 0 bridgehead atoms. The van der Waals surface area contributed by atoms with Crippen LogP contribution < -0.4 is 0 Å². The zero-order valence-corrected chi connectivity index (χ0v) is 6.71. The van der Waals surface area contributed by atoms with Gasteiger partial charge in [0.1, 0.15) is 0 Å². The van der Waals surface area contributed by atoms with Crippen LogP contribution in [0.4, 0.5) is 0 Å². The van der Waals surface area contributed by atoms with E-state index in [1.807, 2.05) is 0 Å². The normalized spacial score (nSPS) is 16.8. The third-order valence-electron chi connectivity index (χ3n) is 2.35. The second-order valence-electron chi connectivity index (χ2n) is 3.03. The fourth-order valence-corrected chi connectivity index (χ4v) is 1.69. The van der Waals surface area contributed by atoms with Gasteiger partial charge in [0.15, 0.2) is 0 Å². The molecule has 0 aromatic heterocycles. The van der Waals surface area contributed by atoms with Gasteiger partial charge < -0.3 is 4.74 Å². The third-order valence-corrected chi connectivity index (χ3v) is 2.35. The zero-order chi connectivity index (χ0) is 7.68. The average molecular weight is 148 g/mol. The first-order chi connectivity index (χ1) is 5.40. The molecule has 1 heteroatoms. The summed E-state index contributed by atoms with van der Waals surface area (Å²) < 4.78 is 5.29. The Labute approximate surface area is 67.0 Å². The molecule has 1 aromatic rings. The molecule has 0 fully saturated rings. The molecule has 1 aliphatic carbocycles. The lowest BCUT2D eigenvalue weighted by Gasteiger charge is -2.03. The lowest BCUT2D eigenvalue weighted by atomic mass is 10.1. The molecule has 0 heterocycles. The molecule has 0 aliphatic heterocycles. The number of fused-ring (bicyclic) bond motifs is 1. The number of rotatable bonds is 1. The van der Waals surface area contributed by atoms with Crippen LogP contribution in [0.15, 0.2) is 24.3 Å². The minimum Gasteiger partial charge on any atom is -0.381 e. The zero-order valence-electron chi connectivity index (χ0n) is 6.71. The van der Waals surface area contributed by atoms with E-state index in [2.05, 4.69) is 24.3 Å². The van der Waals surface area contributed by atoms with Crippen molar-refractivity contribution in [3.8, 4) is 0 Å². The molecule has 0 radical (unpaired) electrons. The highest BCUT2D eigenvalue weighted by molar-refractivity contribution is 5.32. The van der Waals surface area contributed by atoms with Gasteiger partial charge in [0, 0.05) is 7.11 Å². The van der Waals surface area contributed by atoms with Crippen molar-refractivity contribution < 1.29 is 4.74 Å². The Balaban J connectivity index is 2.27. The molecule has 1 nitrogen and oxygen atoms in total. The van der Waals surface area contributed by atoms with Crippen LogP contribution in [0.5, 0.6) is 0 Å². The van der Waals surface area contributed by atoms with Crippen LogP contribution in [0, 0.1) is 0 Å². The highest BCUT2D eigenvalue weighted by Crippen LogP contribution is 2.22. The molecule has 0 unspecified atom stereocenters. The van der Waals surface area contributed by atoms with Gasteiger partial charge in [-0.05, 0) is 24.0 Å². The number of ether oxygens (including phenoxy) is 1. The van der Waals surface area contributed by atoms with Crippen LogP contribution in [-0.2, 0) is 17.6 Å². The van der Waals surface area contributed by atoms with Crippen molar-refractivity contribution >= 4 is 0 Å². The van der Waals surface area contributed by atoms with E-state index < -0.39 is 0 Å². The quantitative estimate of drug-likeness (QED) is 0.590. The summed E-state index contributed by atoms with van der Waals surface area (Å²) in [4.78, 5) is 0. The van der Waals surface area contributed by atoms with Crippen molar-refractivity contribution in [1.82, 2.24) is 0 Å². The van der Waals surface area contributed by atoms with E-state index in [0.29, 0.717) is 6.10 Å². The molecular formula is C10H12O. The van der Waals surface area contributed by atoms with E-state index in [1.54, 1.807) is 7.11 Å². The number of hydrogen-bond acceptors (Lipinski definition) is 1. The highest BCUT2D eigenvalue weighted by Gasteiger charge is 2.19. The van der Waals surface area contributed by atoms with E-state index in [-0.39, 0.29) is 0 Å². The van der Waals surface area contributed by atoms with E-state index in [0.717, 1.165) is 12.8 Å². The molecule has 0 saturated heterocycles. The van der Waals surface area contributed by atoms with E-state index in [9.17, 15) is 0 Å². The van der Waals surface area contributed by atoms with Crippen molar-refractivity contribution in [3.05, 3.63) is 35.4 Å². The summed E-state index contributed by atoms with van der Waals surface area (Å²) in [5, 5.41) is 0. The third kappa shape index (κ3) is 1.16. The standard InChI is InChI=1S/C10H12O/c1-11-10-6-8-4-2-3-5-9(8)7-10/h2-5,10H,6-7H2,1H3. The summed E-state index contributed by atoms with van der Waals surface area (Å²) in [6, 6.07) is 8.57. The van der Waals surface area contributed by atoms with Crippen LogP contribution in [0.3, 0.4) is 0 Å². The van der Waals surface area contributed by atoms with Gasteiger partial charge in [-0.25, -0.2) is 0 Å². The van der Waals surface area contributed by atoms with Crippen molar-refractivity contribution in [3.63, 3.8) is 0 Å². The van der Waals surface area contributed by atoms with Gasteiger partial charge in [-0.2, -0.15) is 0 Å². The predicted molar refractivity (Wildman–Crippen MR) is 44.6 cm³/mol. The molecule has 11 heavy (non-hydrogen) atoms. The van der Waals surface area contributed by atoms with Gasteiger partial charge in [0.2, 0.25) is 0 Å². The molecule has 1 aromatic carbocycles. The van der Waals surface area contributed by atoms with Crippen LogP contribution in [-0.4, -0.2) is 13.2 Å².